The van der Waals surface area contributed by atoms with E-state index in [1.54, 1.807) is 16.2 Å². The Morgan fingerprint density at radius 2 is 1.88 bits per heavy atom. The number of carbonyl (C=O) groups excluding carboxylic acids is 2. The Kier molecular flexibility index (Phi) is 17.8. The monoisotopic (exact) mass is 492 g/mol. The van der Waals surface area contributed by atoms with Gasteiger partial charge < -0.3 is 20.6 Å². The third-order valence-corrected chi connectivity index (χ3v) is 5.37. The Hall–Kier alpha value is -2.29. The SMILES string of the molecule is CC.CC(C)C.CCNCC(=O)N1CCC(O)C1.Cc1ncsc1-c1ccc(CNC=O)cc1. The second kappa shape index (κ2) is 19.1. The smallest absolute Gasteiger partial charge is 0.236 e. The van der Waals surface area contributed by atoms with Crippen LogP contribution in [0.25, 0.3) is 10.4 Å². The largest absolute Gasteiger partial charge is 0.391 e. The van der Waals surface area contributed by atoms with Crippen molar-refractivity contribution in [2.24, 2.45) is 5.92 Å². The maximum absolute atomic E-state index is 11.3. The van der Waals surface area contributed by atoms with Crippen molar-refractivity contribution in [3.8, 4) is 10.4 Å². The average Bonchev–Trinajstić information content (AvgIpc) is 3.46. The molecule has 3 rings (SSSR count). The van der Waals surface area contributed by atoms with E-state index in [0.717, 1.165) is 30.1 Å². The predicted octanol–water partition coefficient (Wildman–Crippen LogP) is 4.24. The number of benzene rings is 1. The third kappa shape index (κ3) is 13.4. The first-order valence-corrected chi connectivity index (χ1v) is 13.0. The molecular weight excluding hydrogens is 448 g/mol. The van der Waals surface area contributed by atoms with Gasteiger partial charge in [-0.05, 0) is 36.9 Å². The number of hydrogen-bond acceptors (Lipinski definition) is 6. The van der Waals surface area contributed by atoms with E-state index in [4.69, 9.17) is 5.11 Å². The molecule has 0 bridgehead atoms. The molecule has 0 spiro atoms. The number of amides is 2. The van der Waals surface area contributed by atoms with Crippen molar-refractivity contribution in [2.45, 2.75) is 67.5 Å². The summed E-state index contributed by atoms with van der Waals surface area (Å²) >= 11 is 1.64. The Labute approximate surface area is 210 Å². The molecule has 1 aromatic carbocycles. The van der Waals surface area contributed by atoms with Crippen LogP contribution >= 0.6 is 11.3 Å². The van der Waals surface area contributed by atoms with E-state index >= 15 is 0 Å². The molecule has 34 heavy (non-hydrogen) atoms. The van der Waals surface area contributed by atoms with Crippen LogP contribution in [0.1, 0.15) is 59.2 Å². The van der Waals surface area contributed by atoms with Crippen molar-refractivity contribution in [3.63, 3.8) is 0 Å². The zero-order valence-corrected chi connectivity index (χ0v) is 22.7. The van der Waals surface area contributed by atoms with Gasteiger partial charge in [0.1, 0.15) is 0 Å². The second-order valence-corrected chi connectivity index (χ2v) is 9.11. The fourth-order valence-electron chi connectivity index (χ4n) is 2.82. The second-order valence-electron chi connectivity index (χ2n) is 8.26. The number of aryl methyl sites for hydroxylation is 1. The number of rotatable bonds is 7. The van der Waals surface area contributed by atoms with Crippen molar-refractivity contribution < 1.29 is 14.7 Å². The van der Waals surface area contributed by atoms with Crippen LogP contribution in [0, 0.1) is 12.8 Å². The van der Waals surface area contributed by atoms with Crippen LogP contribution in [0.4, 0.5) is 0 Å². The highest BCUT2D eigenvalue weighted by Crippen LogP contribution is 2.27. The minimum atomic E-state index is -0.310. The molecule has 1 atom stereocenters. The molecule has 3 N–H and O–H groups in total. The van der Waals surface area contributed by atoms with Gasteiger partial charge in [-0.1, -0.05) is 65.8 Å². The van der Waals surface area contributed by atoms with Crippen molar-refractivity contribution in [2.75, 3.05) is 26.2 Å². The summed E-state index contributed by atoms with van der Waals surface area (Å²) in [6.07, 6.45) is 1.12. The summed E-state index contributed by atoms with van der Waals surface area (Å²) in [4.78, 5) is 28.6. The quantitative estimate of drug-likeness (QED) is 0.503. The number of likely N-dealkylation sites (N-methyl/N-ethyl adjacent to an activating group) is 1. The molecule has 2 aromatic rings. The topological polar surface area (TPSA) is 94.6 Å². The molecule has 2 amide bonds. The summed E-state index contributed by atoms with van der Waals surface area (Å²) in [6.45, 7) is 17.5. The molecule has 1 fully saturated rings. The van der Waals surface area contributed by atoms with E-state index in [2.05, 4.69) is 48.5 Å². The highest BCUT2D eigenvalue weighted by molar-refractivity contribution is 7.13. The normalized spacial score (nSPS) is 14.1. The van der Waals surface area contributed by atoms with Gasteiger partial charge in [0.05, 0.1) is 28.7 Å². The number of likely N-dealkylation sites (tertiary alicyclic amines) is 1. The molecule has 7 nitrogen and oxygen atoms in total. The molecule has 1 saturated heterocycles. The lowest BCUT2D eigenvalue weighted by molar-refractivity contribution is -0.129. The zero-order chi connectivity index (χ0) is 25.9. The molecule has 0 aliphatic carbocycles. The number of aliphatic hydroxyl groups is 1. The van der Waals surface area contributed by atoms with Crippen LogP contribution < -0.4 is 10.6 Å². The molecule has 0 radical (unpaired) electrons. The Morgan fingerprint density at radius 1 is 1.26 bits per heavy atom. The number of thiazole rings is 1. The van der Waals surface area contributed by atoms with Crippen molar-refractivity contribution >= 4 is 23.7 Å². The summed E-state index contributed by atoms with van der Waals surface area (Å²) in [7, 11) is 0. The first-order valence-electron chi connectivity index (χ1n) is 12.1. The molecule has 8 heteroatoms. The van der Waals surface area contributed by atoms with Crippen LogP contribution in [-0.4, -0.2) is 59.6 Å². The summed E-state index contributed by atoms with van der Waals surface area (Å²) in [5.41, 5.74) is 5.18. The minimum Gasteiger partial charge on any atom is -0.391 e. The van der Waals surface area contributed by atoms with Gasteiger partial charge in [-0.2, -0.15) is 0 Å². The van der Waals surface area contributed by atoms with Gasteiger partial charge in [-0.25, -0.2) is 4.98 Å². The van der Waals surface area contributed by atoms with Crippen molar-refractivity contribution in [3.05, 3.63) is 41.0 Å². The maximum atomic E-state index is 11.3. The van der Waals surface area contributed by atoms with Gasteiger partial charge in [-0.3, -0.25) is 9.59 Å². The number of β-amino-alcohol motifs (C(OH)–C–C–N with tert-alkyl or cyclic N) is 1. The molecule has 192 valence electrons. The third-order valence-electron chi connectivity index (χ3n) is 4.39. The highest BCUT2D eigenvalue weighted by atomic mass is 32.1. The van der Waals surface area contributed by atoms with Crippen LogP contribution in [0.2, 0.25) is 0 Å². The van der Waals surface area contributed by atoms with E-state index in [-0.39, 0.29) is 12.0 Å². The molecule has 0 saturated carbocycles. The Morgan fingerprint density at radius 3 is 2.32 bits per heavy atom. The lowest BCUT2D eigenvalue weighted by atomic mass is 10.1. The first-order chi connectivity index (χ1) is 16.3. The molecule has 1 aromatic heterocycles. The van der Waals surface area contributed by atoms with Gasteiger partial charge in [0.2, 0.25) is 12.3 Å². The number of hydrogen-bond donors (Lipinski definition) is 3. The molecule has 2 heterocycles. The van der Waals surface area contributed by atoms with E-state index < -0.39 is 0 Å². The van der Waals surface area contributed by atoms with Crippen LogP contribution in [-0.2, 0) is 16.1 Å². The lowest BCUT2D eigenvalue weighted by Crippen LogP contribution is -2.37. The zero-order valence-electron chi connectivity index (χ0n) is 21.9. The predicted molar refractivity (Wildman–Crippen MR) is 143 cm³/mol. The summed E-state index contributed by atoms with van der Waals surface area (Å²) in [6, 6.07) is 8.15. The summed E-state index contributed by atoms with van der Waals surface area (Å²) in [5, 5.41) is 14.8. The van der Waals surface area contributed by atoms with Gasteiger partial charge >= 0.3 is 0 Å². The summed E-state index contributed by atoms with van der Waals surface area (Å²) < 4.78 is 0. The van der Waals surface area contributed by atoms with Gasteiger partial charge in [0.15, 0.2) is 0 Å². The Balaban J connectivity index is 0.000000535. The molecular formula is C26H44N4O3S. The van der Waals surface area contributed by atoms with E-state index in [9.17, 15) is 9.59 Å². The molecule has 1 aliphatic heterocycles. The highest BCUT2D eigenvalue weighted by Gasteiger charge is 2.23. The van der Waals surface area contributed by atoms with Crippen molar-refractivity contribution in [1.29, 1.82) is 0 Å². The van der Waals surface area contributed by atoms with Crippen LogP contribution in [0.5, 0.6) is 0 Å². The van der Waals surface area contributed by atoms with Gasteiger partial charge in [0, 0.05) is 19.6 Å². The first kappa shape index (κ1) is 31.7. The van der Waals surface area contributed by atoms with Gasteiger partial charge in [0.25, 0.3) is 0 Å². The number of aliphatic hydroxyl groups excluding tert-OH is 1. The standard InChI is InChI=1S/C12H12N2OS.C8H16N2O2.C4H10.C2H6/c1-9-12(16-8-14-9)11-4-2-10(3-5-11)6-13-7-15;1-2-9-5-8(12)10-4-3-7(11)6-10;1-4(2)3;1-2/h2-5,7-8H,6H2,1H3,(H,13,15);7,9,11H,2-6H2,1H3;4H,1-3H3;1-2H3. The van der Waals surface area contributed by atoms with E-state index in [0.29, 0.717) is 32.6 Å². The number of carbonyl (C=O) groups is 2. The lowest BCUT2D eigenvalue weighted by Gasteiger charge is -2.15. The maximum Gasteiger partial charge on any atom is 0.236 e. The fraction of sp³-hybridized carbons (Fsp3) is 0.577. The molecule has 1 aliphatic rings. The summed E-state index contributed by atoms with van der Waals surface area (Å²) in [5.74, 6) is 0.924. The Bertz CT molecular complexity index is 791. The average molecular weight is 493 g/mol. The molecule has 1 unspecified atom stereocenters. The van der Waals surface area contributed by atoms with Crippen LogP contribution in [0.3, 0.4) is 0 Å². The van der Waals surface area contributed by atoms with E-state index in [1.165, 1.54) is 10.4 Å². The van der Waals surface area contributed by atoms with Crippen LogP contribution in [0.15, 0.2) is 29.8 Å². The van der Waals surface area contributed by atoms with Gasteiger partial charge in [-0.15, -0.1) is 11.3 Å². The van der Waals surface area contributed by atoms with Crippen molar-refractivity contribution in [1.82, 2.24) is 20.5 Å². The van der Waals surface area contributed by atoms with E-state index in [1.807, 2.05) is 45.3 Å². The minimum absolute atomic E-state index is 0.0911. The fourth-order valence-corrected chi connectivity index (χ4v) is 3.64. The number of nitrogens with one attached hydrogen (secondary N) is 2. The number of aromatic nitrogens is 1. The number of nitrogens with zero attached hydrogens (tertiary/aromatic N) is 2.